The summed E-state index contributed by atoms with van der Waals surface area (Å²) < 4.78 is 0. The predicted molar refractivity (Wildman–Crippen MR) is 125 cm³/mol. The number of nitrogens with one attached hydrogen (secondary N) is 2. The summed E-state index contributed by atoms with van der Waals surface area (Å²) in [5, 5.41) is 5.85. The van der Waals surface area contributed by atoms with E-state index in [1.165, 1.54) is 12.8 Å². The highest BCUT2D eigenvalue weighted by atomic mass is 16.2. The fraction of sp³-hybridized carbons (Fsp3) is 0.478. The van der Waals surface area contributed by atoms with Crippen LogP contribution in [0.3, 0.4) is 0 Å². The van der Waals surface area contributed by atoms with E-state index in [-0.39, 0.29) is 12.1 Å². The Hall–Kier alpha value is -3.00. The Labute approximate surface area is 183 Å². The minimum atomic E-state index is -0.212. The van der Waals surface area contributed by atoms with Crippen LogP contribution in [0, 0.1) is 0 Å². The van der Waals surface area contributed by atoms with Gasteiger partial charge in [-0.15, -0.1) is 0 Å². The molecular formula is C23H31N7O. The Morgan fingerprint density at radius 3 is 2.71 bits per heavy atom. The molecule has 4 N–H and O–H groups in total. The zero-order valence-corrected chi connectivity index (χ0v) is 18.1. The minimum Gasteiger partial charge on any atom is -0.404 e. The second-order valence-corrected chi connectivity index (χ2v) is 8.47. The third-order valence-corrected chi connectivity index (χ3v) is 6.09. The van der Waals surface area contributed by atoms with Crippen molar-refractivity contribution < 1.29 is 4.79 Å². The molecule has 1 saturated carbocycles. The molecule has 0 aromatic carbocycles. The van der Waals surface area contributed by atoms with E-state index in [0.29, 0.717) is 17.4 Å². The van der Waals surface area contributed by atoms with Gasteiger partial charge in [0, 0.05) is 35.8 Å². The normalized spacial score (nSPS) is 19.3. The van der Waals surface area contributed by atoms with Gasteiger partial charge in [0.2, 0.25) is 0 Å². The van der Waals surface area contributed by atoms with Gasteiger partial charge in [0.1, 0.15) is 5.82 Å². The number of urea groups is 1. The molecule has 0 bridgehead atoms. The predicted octanol–water partition coefficient (Wildman–Crippen LogP) is 3.16. The van der Waals surface area contributed by atoms with Crippen LogP contribution in [0.2, 0.25) is 0 Å². The number of allylic oxidation sites excluding steroid dienone is 1. The van der Waals surface area contributed by atoms with Crippen LogP contribution in [-0.2, 0) is 0 Å². The van der Waals surface area contributed by atoms with E-state index in [0.717, 1.165) is 55.4 Å². The molecule has 31 heavy (non-hydrogen) atoms. The van der Waals surface area contributed by atoms with E-state index in [9.17, 15) is 4.79 Å². The van der Waals surface area contributed by atoms with E-state index < -0.39 is 0 Å². The van der Waals surface area contributed by atoms with Crippen LogP contribution in [0.25, 0.3) is 16.6 Å². The molecule has 4 rings (SSSR count). The molecule has 1 aliphatic heterocycles. The quantitative estimate of drug-likeness (QED) is 0.643. The summed E-state index contributed by atoms with van der Waals surface area (Å²) in [4.78, 5) is 28.4. The van der Waals surface area contributed by atoms with Crippen LogP contribution >= 0.6 is 0 Å². The minimum absolute atomic E-state index is 0.212. The van der Waals surface area contributed by atoms with E-state index >= 15 is 0 Å². The molecule has 0 unspecified atom stereocenters. The summed E-state index contributed by atoms with van der Waals surface area (Å²) >= 11 is 0. The van der Waals surface area contributed by atoms with Gasteiger partial charge >= 0.3 is 6.03 Å². The highest BCUT2D eigenvalue weighted by Crippen LogP contribution is 2.20. The zero-order chi connectivity index (χ0) is 21.6. The van der Waals surface area contributed by atoms with Crippen molar-refractivity contribution in [3.63, 3.8) is 0 Å². The summed E-state index contributed by atoms with van der Waals surface area (Å²) in [7, 11) is 2.14. The molecule has 0 radical (unpaired) electrons. The number of rotatable bonds is 5. The number of fused-ring (bicyclic) bond motifs is 1. The summed E-state index contributed by atoms with van der Waals surface area (Å²) in [6.07, 6.45) is 11.7. The lowest BCUT2D eigenvalue weighted by Crippen LogP contribution is -2.36. The lowest BCUT2D eigenvalue weighted by Gasteiger charge is -2.26. The second-order valence-electron chi connectivity index (χ2n) is 8.47. The molecule has 2 aromatic rings. The molecular weight excluding hydrogens is 390 g/mol. The number of piperidine rings is 1. The van der Waals surface area contributed by atoms with Crippen LogP contribution < -0.4 is 16.4 Å². The number of aromatic nitrogens is 2. The van der Waals surface area contributed by atoms with Crippen molar-refractivity contribution in [2.75, 3.05) is 25.5 Å². The van der Waals surface area contributed by atoms with E-state index in [4.69, 9.17) is 10.7 Å². The first-order chi connectivity index (χ1) is 15.1. The largest absolute Gasteiger partial charge is 0.404 e. The molecule has 2 aliphatic rings. The number of hydrogen-bond donors (Lipinski definition) is 3. The van der Waals surface area contributed by atoms with Gasteiger partial charge in [-0.25, -0.2) is 9.78 Å². The van der Waals surface area contributed by atoms with Gasteiger partial charge in [-0.05, 0) is 64.0 Å². The number of carbonyl (C=O) groups excluding carboxylic acids is 1. The van der Waals surface area contributed by atoms with Crippen LogP contribution in [-0.4, -0.2) is 59.3 Å². The molecule has 3 heterocycles. The third-order valence-electron chi connectivity index (χ3n) is 6.09. The van der Waals surface area contributed by atoms with Crippen molar-refractivity contribution in [2.24, 2.45) is 10.7 Å². The smallest absolute Gasteiger partial charge is 0.320 e. The van der Waals surface area contributed by atoms with E-state index in [2.05, 4.69) is 32.5 Å². The lowest BCUT2D eigenvalue weighted by molar-refractivity contribution is 0.248. The zero-order valence-electron chi connectivity index (χ0n) is 18.1. The summed E-state index contributed by atoms with van der Waals surface area (Å²) in [5.41, 5.74) is 9.01. The van der Waals surface area contributed by atoms with Gasteiger partial charge in [0.25, 0.3) is 0 Å². The topological polar surface area (TPSA) is 109 Å². The Balaban J connectivity index is 1.46. The number of carbonyl (C=O) groups is 1. The lowest BCUT2D eigenvalue weighted by atomic mass is 10.1. The summed E-state index contributed by atoms with van der Waals surface area (Å²) in [5.74, 6) is 0.500. The molecule has 164 valence electrons. The summed E-state index contributed by atoms with van der Waals surface area (Å²) in [6, 6.07) is 5.93. The third kappa shape index (κ3) is 5.58. The van der Waals surface area contributed by atoms with Crippen molar-refractivity contribution in [1.82, 2.24) is 20.2 Å². The Morgan fingerprint density at radius 1 is 1.19 bits per heavy atom. The van der Waals surface area contributed by atoms with E-state index in [1.54, 1.807) is 18.5 Å². The molecule has 1 saturated heterocycles. The second kappa shape index (κ2) is 9.87. The number of nitrogens with zero attached hydrogens (tertiary/aromatic N) is 4. The molecule has 1 aliphatic carbocycles. The number of amides is 2. The fourth-order valence-corrected chi connectivity index (χ4v) is 4.19. The highest BCUT2D eigenvalue weighted by Gasteiger charge is 2.17. The van der Waals surface area contributed by atoms with Gasteiger partial charge in [0.15, 0.2) is 0 Å². The molecule has 2 fully saturated rings. The van der Waals surface area contributed by atoms with Gasteiger partial charge < -0.3 is 16.0 Å². The monoisotopic (exact) mass is 421 g/mol. The standard InChI is InChI=1S/C23H31N7O/c1-30-10-8-18(9-11-30)25-15-17(13-24)16-12-21-20(26-14-16)6-7-22(28-21)29-23(31)27-19-4-2-3-5-19/h6-7,12-15,18-19H,2-5,8-11,24H2,1H3,(H2,27,28,29,31). The number of hydrogen-bond acceptors (Lipinski definition) is 6. The fourth-order valence-electron chi connectivity index (χ4n) is 4.19. The maximum atomic E-state index is 12.3. The highest BCUT2D eigenvalue weighted by molar-refractivity contribution is 6.10. The number of aliphatic imine (C=N–C) groups is 1. The Kier molecular flexibility index (Phi) is 6.76. The number of anilines is 1. The van der Waals surface area contributed by atoms with Crippen molar-refractivity contribution in [1.29, 1.82) is 0 Å². The number of likely N-dealkylation sites (tertiary alicyclic amines) is 1. The van der Waals surface area contributed by atoms with Gasteiger partial charge in [-0.1, -0.05) is 12.8 Å². The van der Waals surface area contributed by atoms with Gasteiger partial charge in [-0.2, -0.15) is 0 Å². The number of nitrogens with two attached hydrogens (primary N) is 1. The molecule has 0 atom stereocenters. The van der Waals surface area contributed by atoms with Crippen LogP contribution in [0.1, 0.15) is 44.1 Å². The Morgan fingerprint density at radius 2 is 1.97 bits per heavy atom. The van der Waals surface area contributed by atoms with E-state index in [1.807, 2.05) is 18.3 Å². The maximum Gasteiger partial charge on any atom is 0.320 e. The van der Waals surface area contributed by atoms with Crippen molar-refractivity contribution in [3.8, 4) is 0 Å². The number of pyridine rings is 2. The SMILES string of the molecule is CN1CCC(N=CC(=CN)c2cnc3ccc(NC(=O)NC4CCCC4)nc3c2)CC1. The van der Waals surface area contributed by atoms with Crippen molar-refractivity contribution in [3.05, 3.63) is 36.2 Å². The molecule has 2 amide bonds. The molecule has 2 aromatic heterocycles. The van der Waals surface area contributed by atoms with Crippen LogP contribution in [0.4, 0.5) is 10.6 Å². The first-order valence-electron chi connectivity index (χ1n) is 11.1. The Bertz CT molecular complexity index is 973. The maximum absolute atomic E-state index is 12.3. The van der Waals surface area contributed by atoms with Gasteiger partial charge in [0.05, 0.1) is 17.1 Å². The van der Waals surface area contributed by atoms with Gasteiger partial charge in [-0.3, -0.25) is 15.3 Å². The van der Waals surface area contributed by atoms with Crippen molar-refractivity contribution in [2.45, 2.75) is 50.6 Å². The first kappa shape index (κ1) is 21.2. The molecule has 0 spiro atoms. The molecule has 8 nitrogen and oxygen atoms in total. The average Bonchev–Trinajstić information content (AvgIpc) is 3.28. The average molecular weight is 422 g/mol. The molecule has 8 heteroatoms. The van der Waals surface area contributed by atoms with Crippen molar-refractivity contribution >= 4 is 34.7 Å². The van der Waals surface area contributed by atoms with Crippen LogP contribution in [0.15, 0.2) is 35.6 Å². The summed E-state index contributed by atoms with van der Waals surface area (Å²) in [6.45, 7) is 2.13. The van der Waals surface area contributed by atoms with Crippen LogP contribution in [0.5, 0.6) is 0 Å². The first-order valence-corrected chi connectivity index (χ1v) is 11.1.